The highest BCUT2D eigenvalue weighted by atomic mass is 32.2. The lowest BCUT2D eigenvalue weighted by atomic mass is 9.84. The Hall–Kier alpha value is -1.86. The van der Waals surface area contributed by atoms with Crippen LogP contribution in [0.4, 0.5) is 5.69 Å². The molecule has 0 aliphatic heterocycles. The number of carbonyl (C=O) groups excluding carboxylic acids is 2. The molecule has 2 unspecified atom stereocenters. The number of Topliss-reactive ketones (excluding diaryl/α,β-unsaturated/α-hetero) is 2. The highest BCUT2D eigenvalue weighted by Crippen LogP contribution is 2.48. The lowest BCUT2D eigenvalue weighted by molar-refractivity contribution is -0.385. The van der Waals surface area contributed by atoms with Gasteiger partial charge in [-0.1, -0.05) is 6.08 Å². The number of hydrogen-bond donors (Lipinski definition) is 0. The van der Waals surface area contributed by atoms with Crippen molar-refractivity contribution < 1.29 is 14.5 Å². The van der Waals surface area contributed by atoms with Crippen LogP contribution in [-0.2, 0) is 4.79 Å². The number of thioether (sulfide) groups is 2. The summed E-state index contributed by atoms with van der Waals surface area (Å²) < 4.78 is 0. The molecule has 136 valence electrons. The van der Waals surface area contributed by atoms with E-state index >= 15 is 0 Å². The first-order chi connectivity index (χ1) is 12.5. The van der Waals surface area contributed by atoms with Crippen molar-refractivity contribution >= 4 is 40.8 Å². The van der Waals surface area contributed by atoms with Gasteiger partial charge < -0.3 is 0 Å². The van der Waals surface area contributed by atoms with Gasteiger partial charge in [-0.05, 0) is 43.6 Å². The van der Waals surface area contributed by atoms with E-state index in [-0.39, 0.29) is 34.4 Å². The summed E-state index contributed by atoms with van der Waals surface area (Å²) in [6, 6.07) is 4.56. The number of hydrogen-bond acceptors (Lipinski definition) is 6. The van der Waals surface area contributed by atoms with Crippen LogP contribution in [0.2, 0.25) is 0 Å². The summed E-state index contributed by atoms with van der Waals surface area (Å²) in [7, 11) is 0. The van der Waals surface area contributed by atoms with Crippen LogP contribution in [0.25, 0.3) is 0 Å². The van der Waals surface area contributed by atoms with Crippen LogP contribution in [-0.4, -0.2) is 28.5 Å². The SMILES string of the molecule is C=CCSC1=C(C(=O)c2ccc(SC)cc2[N+](=O)[O-])C(=O)C2CCC1C2. The zero-order chi connectivity index (χ0) is 18.8. The largest absolute Gasteiger partial charge is 0.294 e. The second kappa shape index (κ2) is 7.80. The van der Waals surface area contributed by atoms with Crippen LogP contribution in [0.15, 0.2) is 46.2 Å². The van der Waals surface area contributed by atoms with E-state index in [0.717, 1.165) is 24.2 Å². The Balaban J connectivity index is 2.10. The minimum atomic E-state index is -0.550. The second-order valence-corrected chi connectivity index (χ2v) is 8.32. The van der Waals surface area contributed by atoms with Gasteiger partial charge in [0.15, 0.2) is 5.78 Å². The highest BCUT2D eigenvalue weighted by molar-refractivity contribution is 8.03. The van der Waals surface area contributed by atoms with Crippen molar-refractivity contribution in [3.05, 3.63) is 57.0 Å². The second-order valence-electron chi connectivity index (χ2n) is 6.38. The average molecular weight is 389 g/mol. The Morgan fingerprint density at radius 3 is 2.77 bits per heavy atom. The van der Waals surface area contributed by atoms with E-state index in [1.165, 1.54) is 35.7 Å². The van der Waals surface area contributed by atoms with Gasteiger partial charge in [-0.3, -0.25) is 19.7 Å². The lowest BCUT2D eigenvalue weighted by Crippen LogP contribution is -2.26. The molecule has 2 aliphatic carbocycles. The third-order valence-electron chi connectivity index (χ3n) is 4.90. The Kier molecular flexibility index (Phi) is 5.67. The third-order valence-corrected chi connectivity index (χ3v) is 6.87. The highest BCUT2D eigenvalue weighted by Gasteiger charge is 2.44. The maximum Gasteiger partial charge on any atom is 0.281 e. The van der Waals surface area contributed by atoms with E-state index in [1.807, 2.05) is 6.26 Å². The summed E-state index contributed by atoms with van der Waals surface area (Å²) in [5.74, 6) is 0.00685. The van der Waals surface area contributed by atoms with Crippen LogP contribution in [0, 0.1) is 22.0 Å². The van der Waals surface area contributed by atoms with Crippen molar-refractivity contribution in [3.63, 3.8) is 0 Å². The average Bonchev–Trinajstić information content (AvgIpc) is 3.08. The molecule has 1 saturated carbocycles. The molecule has 0 aromatic heterocycles. The Labute approximate surface area is 160 Å². The summed E-state index contributed by atoms with van der Waals surface area (Å²) in [4.78, 5) is 38.5. The van der Waals surface area contributed by atoms with Crippen molar-refractivity contribution in [3.8, 4) is 0 Å². The monoisotopic (exact) mass is 389 g/mol. The molecule has 5 nitrogen and oxygen atoms in total. The Morgan fingerprint density at radius 1 is 1.38 bits per heavy atom. The van der Waals surface area contributed by atoms with E-state index in [9.17, 15) is 19.7 Å². The van der Waals surface area contributed by atoms with Crippen molar-refractivity contribution in [1.29, 1.82) is 0 Å². The van der Waals surface area contributed by atoms with Gasteiger partial charge in [0.2, 0.25) is 5.78 Å². The number of benzene rings is 1. The number of rotatable bonds is 7. The molecular formula is C19H19NO4S2. The smallest absolute Gasteiger partial charge is 0.281 e. The fourth-order valence-corrected chi connectivity index (χ4v) is 5.18. The van der Waals surface area contributed by atoms with Crippen molar-refractivity contribution in [2.75, 3.05) is 12.0 Å². The number of allylic oxidation sites excluding steroid dienone is 2. The standard InChI is InChI=1S/C19H19NO4S2/c1-3-8-26-19-12-5-4-11(9-12)17(21)16(19)18(22)14-7-6-13(25-2)10-15(14)20(23)24/h3,6-7,10-12H,1,4-5,8-9H2,2H3. The van der Waals surface area contributed by atoms with Crippen LogP contribution < -0.4 is 0 Å². The summed E-state index contributed by atoms with van der Waals surface area (Å²) in [6.07, 6.45) is 6.01. The number of carbonyl (C=O) groups is 2. The first-order valence-corrected chi connectivity index (χ1v) is 10.6. The molecule has 2 aliphatic rings. The summed E-state index contributed by atoms with van der Waals surface area (Å²) in [5.41, 5.74) is -0.0853. The molecule has 1 fully saturated rings. The quantitative estimate of drug-likeness (QED) is 0.168. The molecule has 26 heavy (non-hydrogen) atoms. The predicted octanol–water partition coefficient (Wildman–Crippen LogP) is 4.67. The molecule has 1 aromatic rings. The molecule has 7 heteroatoms. The molecular weight excluding hydrogens is 370 g/mol. The molecule has 0 heterocycles. The topological polar surface area (TPSA) is 77.3 Å². The van der Waals surface area contributed by atoms with Gasteiger partial charge in [-0.2, -0.15) is 0 Å². The first kappa shape index (κ1) is 18.9. The predicted molar refractivity (Wildman–Crippen MR) is 105 cm³/mol. The number of nitro groups is 1. The van der Waals surface area contributed by atoms with Gasteiger partial charge in [0.05, 0.1) is 10.5 Å². The van der Waals surface area contributed by atoms with E-state index in [4.69, 9.17) is 0 Å². The van der Waals surface area contributed by atoms with Gasteiger partial charge in [0, 0.05) is 27.5 Å². The molecule has 0 spiro atoms. The van der Waals surface area contributed by atoms with Gasteiger partial charge in [-0.25, -0.2) is 0 Å². The Morgan fingerprint density at radius 2 is 2.12 bits per heavy atom. The minimum absolute atomic E-state index is 0.00541. The number of fused-ring (bicyclic) bond motifs is 2. The van der Waals surface area contributed by atoms with Crippen LogP contribution >= 0.6 is 23.5 Å². The fourth-order valence-electron chi connectivity index (χ4n) is 3.67. The molecule has 0 saturated heterocycles. The molecule has 2 atom stereocenters. The van der Waals surface area contributed by atoms with Crippen LogP contribution in [0.5, 0.6) is 0 Å². The summed E-state index contributed by atoms with van der Waals surface area (Å²) in [6.45, 7) is 3.70. The number of nitro benzene ring substituents is 1. The zero-order valence-electron chi connectivity index (χ0n) is 14.4. The molecule has 3 rings (SSSR count). The van der Waals surface area contributed by atoms with Crippen molar-refractivity contribution in [2.45, 2.75) is 24.2 Å². The minimum Gasteiger partial charge on any atom is -0.294 e. The number of nitrogens with zero attached hydrogens (tertiary/aromatic N) is 1. The number of ketones is 2. The summed E-state index contributed by atoms with van der Waals surface area (Å²) in [5, 5.41) is 11.5. The maximum absolute atomic E-state index is 13.2. The van der Waals surface area contributed by atoms with Gasteiger partial charge in [-0.15, -0.1) is 30.1 Å². The van der Waals surface area contributed by atoms with E-state index in [1.54, 1.807) is 12.1 Å². The Bertz CT molecular complexity index is 831. The molecule has 0 radical (unpaired) electrons. The molecule has 0 amide bonds. The van der Waals surface area contributed by atoms with E-state index < -0.39 is 10.7 Å². The summed E-state index contributed by atoms with van der Waals surface area (Å²) >= 11 is 2.83. The van der Waals surface area contributed by atoms with Gasteiger partial charge in [0.25, 0.3) is 5.69 Å². The van der Waals surface area contributed by atoms with Gasteiger partial charge >= 0.3 is 0 Å². The maximum atomic E-state index is 13.2. The first-order valence-electron chi connectivity index (χ1n) is 8.37. The molecule has 1 aromatic carbocycles. The van der Waals surface area contributed by atoms with Gasteiger partial charge in [0.1, 0.15) is 5.56 Å². The van der Waals surface area contributed by atoms with E-state index in [0.29, 0.717) is 10.6 Å². The van der Waals surface area contributed by atoms with Crippen LogP contribution in [0.3, 0.4) is 0 Å². The van der Waals surface area contributed by atoms with Crippen molar-refractivity contribution in [1.82, 2.24) is 0 Å². The van der Waals surface area contributed by atoms with Crippen LogP contribution in [0.1, 0.15) is 29.6 Å². The molecule has 2 bridgehead atoms. The molecule has 0 N–H and O–H groups in total. The third kappa shape index (κ3) is 3.38. The normalized spacial score (nSPS) is 21.8. The zero-order valence-corrected chi connectivity index (χ0v) is 16.0. The van der Waals surface area contributed by atoms with Crippen molar-refractivity contribution in [2.24, 2.45) is 11.8 Å². The van der Waals surface area contributed by atoms with E-state index in [2.05, 4.69) is 6.58 Å². The fraction of sp³-hybridized carbons (Fsp3) is 0.368. The lowest BCUT2D eigenvalue weighted by Gasteiger charge is -2.24.